The van der Waals surface area contributed by atoms with Crippen LogP contribution in [0.5, 0.6) is 0 Å². The maximum atomic E-state index is 12.7. The van der Waals surface area contributed by atoms with Crippen molar-refractivity contribution >= 4 is 0 Å². The van der Waals surface area contributed by atoms with E-state index < -0.39 is 17.3 Å². The summed E-state index contributed by atoms with van der Waals surface area (Å²) in [6, 6.07) is 8.76. The SMILES string of the molecule is Cc1nc(-c2ccnc(C(C)(O)c3ccc(C(F)(F)F)cc3)c2)cc(=O)[nH]1. The summed E-state index contributed by atoms with van der Waals surface area (Å²) in [4.78, 5) is 22.6. The number of H-pyrrole nitrogens is 1. The van der Waals surface area contributed by atoms with E-state index in [2.05, 4.69) is 15.0 Å². The van der Waals surface area contributed by atoms with Gasteiger partial charge in [-0.25, -0.2) is 4.98 Å². The molecule has 1 aromatic carbocycles. The Morgan fingerprint density at radius 2 is 1.67 bits per heavy atom. The van der Waals surface area contributed by atoms with Gasteiger partial charge in [0, 0.05) is 17.8 Å². The lowest BCUT2D eigenvalue weighted by molar-refractivity contribution is -0.137. The summed E-state index contributed by atoms with van der Waals surface area (Å²) in [5, 5.41) is 10.9. The molecule has 0 saturated heterocycles. The monoisotopic (exact) mass is 375 g/mol. The maximum absolute atomic E-state index is 12.7. The van der Waals surface area contributed by atoms with E-state index in [1.54, 1.807) is 19.1 Å². The van der Waals surface area contributed by atoms with Gasteiger partial charge in [0.25, 0.3) is 5.56 Å². The highest BCUT2D eigenvalue weighted by Gasteiger charge is 2.32. The van der Waals surface area contributed by atoms with Crippen molar-refractivity contribution in [3.8, 4) is 11.3 Å². The summed E-state index contributed by atoms with van der Waals surface area (Å²) in [5.74, 6) is 0.436. The number of alkyl halides is 3. The van der Waals surface area contributed by atoms with E-state index in [9.17, 15) is 23.1 Å². The summed E-state index contributed by atoms with van der Waals surface area (Å²) in [5.41, 5.74) is -1.30. The van der Waals surface area contributed by atoms with Gasteiger partial charge in [0.15, 0.2) is 0 Å². The van der Waals surface area contributed by atoms with Crippen molar-refractivity contribution in [2.45, 2.75) is 25.6 Å². The lowest BCUT2D eigenvalue weighted by Crippen LogP contribution is -2.24. The van der Waals surface area contributed by atoms with Crippen LogP contribution in [0.15, 0.2) is 53.5 Å². The first-order valence-corrected chi connectivity index (χ1v) is 8.02. The Labute approximate surface area is 152 Å². The summed E-state index contributed by atoms with van der Waals surface area (Å²) in [7, 11) is 0. The highest BCUT2D eigenvalue weighted by molar-refractivity contribution is 5.59. The number of nitrogens with one attached hydrogen (secondary N) is 1. The third-order valence-electron chi connectivity index (χ3n) is 4.19. The standard InChI is InChI=1S/C19H16F3N3O2/c1-11-24-15(10-17(26)25-11)12-7-8-23-16(9-12)18(2,27)13-3-5-14(6-4-13)19(20,21)22/h3-10,27H,1-2H3,(H,24,25,26). The average molecular weight is 375 g/mol. The summed E-state index contributed by atoms with van der Waals surface area (Å²) in [6.07, 6.45) is -3.01. The Morgan fingerprint density at radius 1 is 1.04 bits per heavy atom. The minimum Gasteiger partial charge on any atom is -0.379 e. The largest absolute Gasteiger partial charge is 0.416 e. The van der Waals surface area contributed by atoms with Crippen LogP contribution in [0.2, 0.25) is 0 Å². The number of nitrogens with zero attached hydrogens (tertiary/aromatic N) is 2. The second kappa shape index (κ2) is 6.62. The van der Waals surface area contributed by atoms with Gasteiger partial charge >= 0.3 is 6.18 Å². The minimum atomic E-state index is -4.45. The number of hydrogen-bond donors (Lipinski definition) is 2. The molecule has 0 radical (unpaired) electrons. The van der Waals surface area contributed by atoms with Crippen LogP contribution in [-0.4, -0.2) is 20.1 Å². The van der Waals surface area contributed by atoms with E-state index in [1.165, 1.54) is 31.3 Å². The number of aryl methyl sites for hydroxylation is 1. The first-order chi connectivity index (χ1) is 12.6. The Bertz CT molecular complexity index is 1030. The van der Waals surface area contributed by atoms with Crippen LogP contribution in [0.4, 0.5) is 13.2 Å². The molecule has 1 unspecified atom stereocenters. The second-order valence-electron chi connectivity index (χ2n) is 6.29. The third kappa shape index (κ3) is 3.90. The maximum Gasteiger partial charge on any atom is 0.416 e. The fourth-order valence-electron chi connectivity index (χ4n) is 2.72. The molecule has 0 bridgehead atoms. The van der Waals surface area contributed by atoms with Crippen LogP contribution in [0.25, 0.3) is 11.3 Å². The van der Waals surface area contributed by atoms with Gasteiger partial charge in [-0.2, -0.15) is 13.2 Å². The van der Waals surface area contributed by atoms with Crippen molar-refractivity contribution < 1.29 is 18.3 Å². The van der Waals surface area contributed by atoms with Gasteiger partial charge < -0.3 is 10.1 Å². The summed E-state index contributed by atoms with van der Waals surface area (Å²) >= 11 is 0. The molecule has 0 aliphatic carbocycles. The number of halogens is 3. The van der Waals surface area contributed by atoms with E-state index in [0.29, 0.717) is 17.1 Å². The van der Waals surface area contributed by atoms with E-state index in [4.69, 9.17) is 0 Å². The normalized spacial score (nSPS) is 14.0. The number of hydrogen-bond acceptors (Lipinski definition) is 4. The first kappa shape index (κ1) is 18.8. The van der Waals surface area contributed by atoms with Gasteiger partial charge in [-0.1, -0.05) is 12.1 Å². The van der Waals surface area contributed by atoms with Crippen molar-refractivity contribution in [2.24, 2.45) is 0 Å². The van der Waals surface area contributed by atoms with Crippen LogP contribution < -0.4 is 5.56 Å². The van der Waals surface area contributed by atoms with Crippen LogP contribution in [0.3, 0.4) is 0 Å². The molecule has 27 heavy (non-hydrogen) atoms. The highest BCUT2D eigenvalue weighted by Crippen LogP contribution is 2.33. The number of aliphatic hydroxyl groups is 1. The molecule has 5 nitrogen and oxygen atoms in total. The number of aromatic nitrogens is 3. The quantitative estimate of drug-likeness (QED) is 0.735. The first-order valence-electron chi connectivity index (χ1n) is 8.02. The summed E-state index contributed by atoms with van der Waals surface area (Å²) < 4.78 is 38.2. The molecule has 3 aromatic rings. The predicted octanol–water partition coefficient (Wildman–Crippen LogP) is 3.41. The summed E-state index contributed by atoms with van der Waals surface area (Å²) in [6.45, 7) is 3.09. The van der Waals surface area contributed by atoms with E-state index >= 15 is 0 Å². The molecule has 2 heterocycles. The molecule has 0 spiro atoms. The number of rotatable bonds is 3. The van der Waals surface area contributed by atoms with Gasteiger partial charge in [-0.3, -0.25) is 9.78 Å². The van der Waals surface area contributed by atoms with Crippen LogP contribution in [0, 0.1) is 6.92 Å². The van der Waals surface area contributed by atoms with E-state index in [-0.39, 0.29) is 16.8 Å². The Morgan fingerprint density at radius 3 is 2.26 bits per heavy atom. The number of aromatic amines is 1. The Kier molecular flexibility index (Phi) is 4.61. The van der Waals surface area contributed by atoms with Crippen molar-refractivity contribution in [1.82, 2.24) is 15.0 Å². The lowest BCUT2D eigenvalue weighted by atomic mass is 9.90. The van der Waals surface area contributed by atoms with Gasteiger partial charge in [0.2, 0.25) is 0 Å². The molecule has 140 valence electrons. The predicted molar refractivity (Wildman–Crippen MR) is 92.9 cm³/mol. The third-order valence-corrected chi connectivity index (χ3v) is 4.19. The molecule has 2 aromatic heterocycles. The van der Waals surface area contributed by atoms with Crippen LogP contribution in [-0.2, 0) is 11.8 Å². The van der Waals surface area contributed by atoms with Gasteiger partial charge in [-0.15, -0.1) is 0 Å². The lowest BCUT2D eigenvalue weighted by Gasteiger charge is -2.24. The van der Waals surface area contributed by atoms with Crippen molar-refractivity contribution in [2.75, 3.05) is 0 Å². The minimum absolute atomic E-state index is 0.222. The van der Waals surface area contributed by atoms with E-state index in [0.717, 1.165) is 12.1 Å². The molecular formula is C19H16F3N3O2. The molecule has 3 rings (SSSR count). The fraction of sp³-hybridized carbons (Fsp3) is 0.211. The average Bonchev–Trinajstić information content (AvgIpc) is 2.60. The molecule has 8 heteroatoms. The van der Waals surface area contributed by atoms with Crippen molar-refractivity contribution in [3.63, 3.8) is 0 Å². The smallest absolute Gasteiger partial charge is 0.379 e. The zero-order valence-corrected chi connectivity index (χ0v) is 14.5. The molecular weight excluding hydrogens is 359 g/mol. The second-order valence-corrected chi connectivity index (χ2v) is 6.29. The molecule has 0 amide bonds. The molecule has 0 aliphatic heterocycles. The Balaban J connectivity index is 2.01. The molecule has 0 fully saturated rings. The zero-order chi connectivity index (χ0) is 19.8. The molecule has 0 saturated carbocycles. The van der Waals surface area contributed by atoms with Crippen molar-refractivity contribution in [3.05, 3.63) is 81.7 Å². The topological polar surface area (TPSA) is 78.9 Å². The number of benzene rings is 1. The van der Waals surface area contributed by atoms with Gasteiger partial charge in [0.1, 0.15) is 11.4 Å². The molecule has 2 N–H and O–H groups in total. The molecule has 0 aliphatic rings. The Hall–Kier alpha value is -3.00. The van der Waals surface area contributed by atoms with Gasteiger partial charge in [0.05, 0.1) is 17.0 Å². The van der Waals surface area contributed by atoms with Crippen LogP contribution >= 0.6 is 0 Å². The van der Waals surface area contributed by atoms with Crippen molar-refractivity contribution in [1.29, 1.82) is 0 Å². The molecule has 1 atom stereocenters. The zero-order valence-electron chi connectivity index (χ0n) is 14.5. The highest BCUT2D eigenvalue weighted by atomic mass is 19.4. The number of pyridine rings is 1. The van der Waals surface area contributed by atoms with Crippen LogP contribution in [0.1, 0.15) is 29.6 Å². The van der Waals surface area contributed by atoms with Gasteiger partial charge in [-0.05, 0) is 43.7 Å². The van der Waals surface area contributed by atoms with E-state index in [1.807, 2.05) is 0 Å². The fourth-order valence-corrected chi connectivity index (χ4v) is 2.72.